The lowest BCUT2D eigenvalue weighted by Crippen LogP contribution is -2.29. The minimum Gasteiger partial charge on any atom is -0.507 e. The molecule has 0 spiro atoms. The van der Waals surface area contributed by atoms with Crippen LogP contribution in [0.15, 0.2) is 54.1 Å². The number of nitrogens with zero attached hydrogens (tertiary/aromatic N) is 4. The Balaban J connectivity index is 1.90. The van der Waals surface area contributed by atoms with E-state index in [0.717, 1.165) is 16.2 Å². The Hall–Kier alpha value is -4.12. The molecule has 3 aromatic rings. The highest BCUT2D eigenvalue weighted by Crippen LogP contribution is 2.43. The number of aliphatic hydroxyl groups excluding tert-OH is 1. The molecule has 0 saturated carbocycles. The molecule has 4 rings (SSSR count). The summed E-state index contributed by atoms with van der Waals surface area (Å²) in [6.45, 7) is 1.70. The summed E-state index contributed by atoms with van der Waals surface area (Å²) in [7, 11) is 1.50. The molecule has 10 nitrogen and oxygen atoms in total. The van der Waals surface area contributed by atoms with E-state index in [1.54, 1.807) is 31.2 Å². The standard InChI is InChI=1S/C21H16N4O6S/c1-11-22-23-21(32-11)24-17(12-3-7-14(8-4-12)25(29)30)16(19(27)20(24)28)18(26)13-5-9-15(31-2)10-6-13/h3-10,17,26H,1-2H3/b18-16+/t17-/m1/s1. The van der Waals surface area contributed by atoms with Crippen molar-refractivity contribution >= 4 is 39.6 Å². The minimum absolute atomic E-state index is 0.146. The number of amides is 1. The topological polar surface area (TPSA) is 136 Å². The third-order valence-corrected chi connectivity index (χ3v) is 5.79. The molecule has 2 heterocycles. The van der Waals surface area contributed by atoms with E-state index in [1.165, 1.54) is 31.4 Å². The second-order valence-electron chi connectivity index (χ2n) is 6.85. The normalized spacial score (nSPS) is 17.6. The number of hydrogen-bond donors (Lipinski definition) is 1. The zero-order valence-corrected chi connectivity index (χ0v) is 17.7. The van der Waals surface area contributed by atoms with Crippen molar-refractivity contribution in [1.29, 1.82) is 0 Å². The highest BCUT2D eigenvalue weighted by atomic mass is 32.1. The molecule has 0 aliphatic carbocycles. The maximum absolute atomic E-state index is 13.0. The number of nitro groups is 1. The Morgan fingerprint density at radius 3 is 2.31 bits per heavy atom. The Morgan fingerprint density at radius 2 is 1.78 bits per heavy atom. The fourth-order valence-electron chi connectivity index (χ4n) is 3.41. The number of ether oxygens (including phenoxy) is 1. The number of aryl methyl sites for hydroxylation is 1. The van der Waals surface area contributed by atoms with E-state index in [1.807, 2.05) is 0 Å². The van der Waals surface area contributed by atoms with Gasteiger partial charge in [-0.1, -0.05) is 11.3 Å². The SMILES string of the molecule is COc1ccc(/C(O)=C2\C(=O)C(=O)N(c3nnc(C)s3)[C@@H]2c2ccc([N+](=O)[O-])cc2)cc1. The molecule has 1 aliphatic rings. The summed E-state index contributed by atoms with van der Waals surface area (Å²) in [5.41, 5.74) is 0.413. The lowest BCUT2D eigenvalue weighted by atomic mass is 9.95. The van der Waals surface area contributed by atoms with Crippen molar-refractivity contribution in [2.75, 3.05) is 12.0 Å². The van der Waals surface area contributed by atoms with Crippen molar-refractivity contribution in [3.05, 3.63) is 80.4 Å². The Kier molecular flexibility index (Phi) is 5.41. The number of methoxy groups -OCH3 is 1. The Labute approximate surface area is 185 Å². The van der Waals surface area contributed by atoms with Gasteiger partial charge in [0, 0.05) is 17.7 Å². The van der Waals surface area contributed by atoms with Crippen molar-refractivity contribution < 1.29 is 24.4 Å². The summed E-state index contributed by atoms with van der Waals surface area (Å²) in [5, 5.41) is 30.7. The second kappa shape index (κ2) is 8.19. The van der Waals surface area contributed by atoms with Gasteiger partial charge in [-0.05, 0) is 48.9 Å². The number of aliphatic hydroxyl groups is 1. The van der Waals surface area contributed by atoms with Crippen LogP contribution in [0, 0.1) is 17.0 Å². The van der Waals surface area contributed by atoms with Crippen molar-refractivity contribution in [1.82, 2.24) is 10.2 Å². The second-order valence-corrected chi connectivity index (χ2v) is 8.01. The van der Waals surface area contributed by atoms with Gasteiger partial charge in [-0.25, -0.2) is 0 Å². The number of carbonyl (C=O) groups is 2. The molecule has 32 heavy (non-hydrogen) atoms. The molecule has 0 bridgehead atoms. The molecule has 162 valence electrons. The van der Waals surface area contributed by atoms with Gasteiger partial charge < -0.3 is 9.84 Å². The lowest BCUT2D eigenvalue weighted by molar-refractivity contribution is -0.384. The summed E-state index contributed by atoms with van der Waals surface area (Å²) >= 11 is 1.11. The molecule has 11 heteroatoms. The number of rotatable bonds is 5. The van der Waals surface area contributed by atoms with Crippen molar-refractivity contribution in [2.45, 2.75) is 13.0 Å². The molecular weight excluding hydrogens is 436 g/mol. The van der Waals surface area contributed by atoms with E-state index in [-0.39, 0.29) is 22.2 Å². The number of Topliss-reactive ketones (excluding diaryl/α,β-unsaturated/α-hetero) is 1. The van der Waals surface area contributed by atoms with Gasteiger partial charge in [-0.15, -0.1) is 10.2 Å². The zero-order valence-electron chi connectivity index (χ0n) is 16.9. The number of nitro benzene ring substituents is 1. The molecule has 1 aromatic heterocycles. The molecule has 1 atom stereocenters. The molecule has 2 aromatic carbocycles. The van der Waals surface area contributed by atoms with Crippen LogP contribution < -0.4 is 9.64 Å². The fourth-order valence-corrected chi connectivity index (χ4v) is 4.13. The third-order valence-electron chi connectivity index (χ3n) is 4.95. The number of aromatic nitrogens is 2. The quantitative estimate of drug-likeness (QED) is 0.205. The van der Waals surface area contributed by atoms with E-state index >= 15 is 0 Å². The van der Waals surface area contributed by atoms with E-state index in [2.05, 4.69) is 10.2 Å². The fraction of sp³-hybridized carbons (Fsp3) is 0.143. The van der Waals surface area contributed by atoms with Crippen LogP contribution in [0.1, 0.15) is 22.2 Å². The minimum atomic E-state index is -1.04. The van der Waals surface area contributed by atoms with Crippen molar-refractivity contribution in [2.24, 2.45) is 0 Å². The van der Waals surface area contributed by atoms with Gasteiger partial charge in [0.25, 0.3) is 11.5 Å². The van der Waals surface area contributed by atoms with Crippen LogP contribution in [0.2, 0.25) is 0 Å². The van der Waals surface area contributed by atoms with E-state index in [4.69, 9.17) is 4.74 Å². The Morgan fingerprint density at radius 1 is 1.12 bits per heavy atom. The van der Waals surface area contributed by atoms with Gasteiger partial charge in [0.15, 0.2) is 0 Å². The number of benzene rings is 2. The first kappa shape index (κ1) is 21.1. The first-order valence-electron chi connectivity index (χ1n) is 9.31. The number of ketones is 1. The van der Waals surface area contributed by atoms with Gasteiger partial charge in [0.1, 0.15) is 16.5 Å². The predicted molar refractivity (Wildman–Crippen MR) is 116 cm³/mol. The first-order valence-corrected chi connectivity index (χ1v) is 10.1. The summed E-state index contributed by atoms with van der Waals surface area (Å²) in [4.78, 5) is 37.6. The molecule has 1 aliphatic heterocycles. The lowest BCUT2D eigenvalue weighted by Gasteiger charge is -2.22. The van der Waals surface area contributed by atoms with E-state index in [9.17, 15) is 24.8 Å². The van der Waals surface area contributed by atoms with Crippen molar-refractivity contribution in [3.63, 3.8) is 0 Å². The monoisotopic (exact) mass is 452 g/mol. The maximum Gasteiger partial charge on any atom is 0.301 e. The van der Waals surface area contributed by atoms with Crippen LogP contribution in [0.25, 0.3) is 5.76 Å². The average Bonchev–Trinajstić information content (AvgIpc) is 3.34. The summed E-state index contributed by atoms with van der Waals surface area (Å²) in [5.74, 6) is -1.59. The highest BCUT2D eigenvalue weighted by Gasteiger charge is 2.48. The average molecular weight is 452 g/mol. The number of non-ortho nitro benzene ring substituents is 1. The summed E-state index contributed by atoms with van der Waals surface area (Å²) in [6, 6.07) is 10.7. The number of hydrogen-bond acceptors (Lipinski definition) is 9. The van der Waals surface area contributed by atoms with Gasteiger partial charge in [0.05, 0.1) is 23.6 Å². The van der Waals surface area contributed by atoms with Crippen LogP contribution >= 0.6 is 11.3 Å². The van der Waals surface area contributed by atoms with Crippen LogP contribution in [0.5, 0.6) is 5.75 Å². The first-order chi connectivity index (χ1) is 15.3. The van der Waals surface area contributed by atoms with Gasteiger partial charge in [-0.3, -0.25) is 24.6 Å². The molecule has 0 radical (unpaired) electrons. The predicted octanol–water partition coefficient (Wildman–Crippen LogP) is 3.39. The molecule has 1 amide bonds. The van der Waals surface area contributed by atoms with Crippen LogP contribution in [-0.2, 0) is 9.59 Å². The van der Waals surface area contributed by atoms with E-state index in [0.29, 0.717) is 21.9 Å². The Bertz CT molecular complexity index is 1250. The number of carbonyl (C=O) groups excluding carboxylic acids is 2. The number of anilines is 1. The largest absolute Gasteiger partial charge is 0.507 e. The molecule has 0 unspecified atom stereocenters. The molecule has 1 N–H and O–H groups in total. The maximum atomic E-state index is 13.0. The van der Waals surface area contributed by atoms with Crippen LogP contribution in [0.3, 0.4) is 0 Å². The van der Waals surface area contributed by atoms with Crippen LogP contribution in [-0.4, -0.2) is 39.0 Å². The molecule has 1 saturated heterocycles. The van der Waals surface area contributed by atoms with Gasteiger partial charge in [0.2, 0.25) is 5.13 Å². The van der Waals surface area contributed by atoms with E-state index < -0.39 is 22.7 Å². The zero-order chi connectivity index (χ0) is 23.0. The third kappa shape index (κ3) is 3.58. The van der Waals surface area contributed by atoms with Crippen LogP contribution in [0.4, 0.5) is 10.8 Å². The molecule has 1 fully saturated rings. The summed E-state index contributed by atoms with van der Waals surface area (Å²) < 4.78 is 5.11. The highest BCUT2D eigenvalue weighted by molar-refractivity contribution is 7.15. The van der Waals surface area contributed by atoms with Gasteiger partial charge in [-0.2, -0.15) is 0 Å². The summed E-state index contributed by atoms with van der Waals surface area (Å²) in [6.07, 6.45) is 0. The molecular formula is C21H16N4O6S. The smallest absolute Gasteiger partial charge is 0.301 e. The van der Waals surface area contributed by atoms with Gasteiger partial charge >= 0.3 is 5.91 Å². The van der Waals surface area contributed by atoms with Crippen molar-refractivity contribution in [3.8, 4) is 5.75 Å².